The number of furan rings is 1. The van der Waals surface area contributed by atoms with Crippen LogP contribution in [0.2, 0.25) is 0 Å². The van der Waals surface area contributed by atoms with E-state index in [9.17, 15) is 4.79 Å². The van der Waals surface area contributed by atoms with E-state index in [-0.39, 0.29) is 18.2 Å². The van der Waals surface area contributed by atoms with Crippen LogP contribution >= 0.6 is 12.4 Å². The predicted octanol–water partition coefficient (Wildman–Crippen LogP) is 1.57. The van der Waals surface area contributed by atoms with Gasteiger partial charge in [0.15, 0.2) is 5.76 Å². The molecule has 0 aromatic carbocycles. The van der Waals surface area contributed by atoms with Crippen molar-refractivity contribution in [2.75, 3.05) is 26.7 Å². The highest BCUT2D eigenvalue weighted by atomic mass is 35.5. The van der Waals surface area contributed by atoms with E-state index in [1.54, 1.807) is 18.4 Å². The Morgan fingerprint density at radius 2 is 2.24 bits per heavy atom. The van der Waals surface area contributed by atoms with Crippen molar-refractivity contribution < 1.29 is 9.21 Å². The predicted molar refractivity (Wildman–Crippen MR) is 68.8 cm³/mol. The second kappa shape index (κ2) is 6.79. The lowest BCUT2D eigenvalue weighted by atomic mass is 10.1. The summed E-state index contributed by atoms with van der Waals surface area (Å²) in [5.74, 6) is 0.545. The number of ketones is 1. The summed E-state index contributed by atoms with van der Waals surface area (Å²) in [6.07, 6.45) is 3.77. The van der Waals surface area contributed by atoms with Crippen molar-refractivity contribution in [1.29, 1.82) is 0 Å². The molecule has 2 rings (SSSR count). The molecule has 1 aromatic rings. The summed E-state index contributed by atoms with van der Waals surface area (Å²) in [7, 11) is 1.99. The van der Waals surface area contributed by atoms with E-state index in [0.717, 1.165) is 25.9 Å². The van der Waals surface area contributed by atoms with Crippen LogP contribution in [-0.4, -0.2) is 43.4 Å². The van der Waals surface area contributed by atoms with Gasteiger partial charge in [-0.25, -0.2) is 0 Å². The molecule has 1 aliphatic rings. The summed E-state index contributed by atoms with van der Waals surface area (Å²) in [5, 5.41) is 3.28. The summed E-state index contributed by atoms with van der Waals surface area (Å²) in [6, 6.07) is 4.08. The van der Waals surface area contributed by atoms with Gasteiger partial charge in [-0.2, -0.15) is 0 Å². The maximum absolute atomic E-state index is 11.8. The monoisotopic (exact) mass is 258 g/mol. The van der Waals surface area contributed by atoms with Gasteiger partial charge >= 0.3 is 0 Å². The Kier molecular flexibility index (Phi) is 5.68. The molecule has 0 saturated carbocycles. The Morgan fingerprint density at radius 1 is 1.53 bits per heavy atom. The minimum Gasteiger partial charge on any atom is -0.461 e. The Bertz CT molecular complexity index is 332. The number of rotatable bonds is 4. The summed E-state index contributed by atoms with van der Waals surface area (Å²) in [6.45, 7) is 2.44. The van der Waals surface area contributed by atoms with E-state index in [1.165, 1.54) is 0 Å². The molecule has 1 aliphatic heterocycles. The molecule has 4 nitrogen and oxygen atoms in total. The lowest BCUT2D eigenvalue weighted by molar-refractivity contribution is 0.0878. The number of nitrogens with zero attached hydrogens (tertiary/aromatic N) is 1. The Hall–Kier alpha value is -0.840. The maximum atomic E-state index is 11.8. The topological polar surface area (TPSA) is 45.5 Å². The number of nitrogens with one attached hydrogen (secondary N) is 1. The van der Waals surface area contributed by atoms with Gasteiger partial charge in [0.05, 0.1) is 12.8 Å². The zero-order valence-corrected chi connectivity index (χ0v) is 10.8. The molecule has 0 atom stereocenters. The van der Waals surface area contributed by atoms with Gasteiger partial charge in [0, 0.05) is 19.1 Å². The quantitative estimate of drug-likeness (QED) is 0.833. The highest BCUT2D eigenvalue weighted by Gasteiger charge is 2.20. The van der Waals surface area contributed by atoms with Gasteiger partial charge in [-0.3, -0.25) is 9.69 Å². The molecule has 0 bridgehead atoms. The SMILES string of the molecule is CNC1CCN(CC(=O)c2ccco2)CC1.Cl. The van der Waals surface area contributed by atoms with E-state index in [0.29, 0.717) is 18.3 Å². The normalized spacial score (nSPS) is 17.7. The highest BCUT2D eigenvalue weighted by molar-refractivity contribution is 5.94. The summed E-state index contributed by atoms with van der Waals surface area (Å²) >= 11 is 0. The average Bonchev–Trinajstić information content (AvgIpc) is 2.83. The fraction of sp³-hybridized carbons (Fsp3) is 0.583. The fourth-order valence-electron chi connectivity index (χ4n) is 2.10. The van der Waals surface area contributed by atoms with Crippen LogP contribution in [0.5, 0.6) is 0 Å². The largest absolute Gasteiger partial charge is 0.461 e. The van der Waals surface area contributed by atoms with Gasteiger partial charge in [0.1, 0.15) is 0 Å². The number of piperidine rings is 1. The third-order valence-corrected chi connectivity index (χ3v) is 3.16. The van der Waals surface area contributed by atoms with Crippen LogP contribution in [0.4, 0.5) is 0 Å². The number of hydrogen-bond acceptors (Lipinski definition) is 4. The Morgan fingerprint density at radius 3 is 2.76 bits per heavy atom. The van der Waals surface area contributed by atoms with E-state index >= 15 is 0 Å². The first-order chi connectivity index (χ1) is 7.79. The first-order valence-electron chi connectivity index (χ1n) is 5.76. The van der Waals surface area contributed by atoms with Crippen molar-refractivity contribution >= 4 is 18.2 Å². The Labute approximate surface area is 108 Å². The standard InChI is InChI=1S/C12H18N2O2.ClH/c1-13-10-4-6-14(7-5-10)9-11(15)12-3-2-8-16-12;/h2-3,8,10,13H,4-7,9H2,1H3;1H. The van der Waals surface area contributed by atoms with Crippen LogP contribution < -0.4 is 5.32 Å². The van der Waals surface area contributed by atoms with Crippen LogP contribution in [0.15, 0.2) is 22.8 Å². The van der Waals surface area contributed by atoms with Crippen LogP contribution in [-0.2, 0) is 0 Å². The molecule has 0 aliphatic carbocycles. The molecule has 17 heavy (non-hydrogen) atoms. The molecule has 1 N–H and O–H groups in total. The molecule has 5 heteroatoms. The Balaban J connectivity index is 0.00000144. The molecular weight excluding hydrogens is 240 g/mol. The minimum absolute atomic E-state index is 0. The van der Waals surface area contributed by atoms with E-state index in [4.69, 9.17) is 4.42 Å². The van der Waals surface area contributed by atoms with Gasteiger partial charge in [-0.05, 0) is 32.0 Å². The molecule has 0 amide bonds. The second-order valence-electron chi connectivity index (χ2n) is 4.24. The van der Waals surface area contributed by atoms with E-state index in [2.05, 4.69) is 10.2 Å². The van der Waals surface area contributed by atoms with Gasteiger partial charge in [0.2, 0.25) is 5.78 Å². The summed E-state index contributed by atoms with van der Waals surface area (Å²) < 4.78 is 5.09. The van der Waals surface area contributed by atoms with Crippen LogP contribution in [0.1, 0.15) is 23.4 Å². The lowest BCUT2D eigenvalue weighted by Crippen LogP contribution is -2.43. The van der Waals surface area contributed by atoms with Gasteiger partial charge in [-0.15, -0.1) is 12.4 Å². The van der Waals surface area contributed by atoms with Crippen molar-refractivity contribution in [2.24, 2.45) is 0 Å². The molecule has 1 aromatic heterocycles. The van der Waals surface area contributed by atoms with Crippen molar-refractivity contribution in [3.8, 4) is 0 Å². The third-order valence-electron chi connectivity index (χ3n) is 3.16. The number of carbonyl (C=O) groups is 1. The number of carbonyl (C=O) groups excluding carboxylic acids is 1. The number of Topliss-reactive ketones (excluding diaryl/α,β-unsaturated/α-hetero) is 1. The zero-order chi connectivity index (χ0) is 11.4. The van der Waals surface area contributed by atoms with Gasteiger partial charge in [0.25, 0.3) is 0 Å². The lowest BCUT2D eigenvalue weighted by Gasteiger charge is -2.30. The number of hydrogen-bond donors (Lipinski definition) is 1. The molecule has 0 radical (unpaired) electrons. The molecule has 0 unspecified atom stereocenters. The molecule has 96 valence electrons. The smallest absolute Gasteiger partial charge is 0.211 e. The second-order valence-corrected chi connectivity index (χ2v) is 4.24. The summed E-state index contributed by atoms with van der Waals surface area (Å²) in [4.78, 5) is 14.0. The molecule has 0 spiro atoms. The average molecular weight is 259 g/mol. The number of halogens is 1. The van der Waals surface area contributed by atoms with Crippen LogP contribution in [0, 0.1) is 0 Å². The zero-order valence-electron chi connectivity index (χ0n) is 10.0. The van der Waals surface area contributed by atoms with Crippen molar-refractivity contribution in [3.63, 3.8) is 0 Å². The minimum atomic E-state index is 0. The molecule has 1 fully saturated rings. The van der Waals surface area contributed by atoms with Gasteiger partial charge < -0.3 is 9.73 Å². The van der Waals surface area contributed by atoms with Crippen molar-refractivity contribution in [3.05, 3.63) is 24.2 Å². The van der Waals surface area contributed by atoms with Crippen LogP contribution in [0.3, 0.4) is 0 Å². The fourth-order valence-corrected chi connectivity index (χ4v) is 2.10. The maximum Gasteiger partial charge on any atom is 0.211 e. The van der Waals surface area contributed by atoms with Crippen molar-refractivity contribution in [1.82, 2.24) is 10.2 Å². The van der Waals surface area contributed by atoms with E-state index < -0.39 is 0 Å². The van der Waals surface area contributed by atoms with Crippen LogP contribution in [0.25, 0.3) is 0 Å². The number of likely N-dealkylation sites (tertiary alicyclic amines) is 1. The highest BCUT2D eigenvalue weighted by Crippen LogP contribution is 2.11. The van der Waals surface area contributed by atoms with Gasteiger partial charge in [-0.1, -0.05) is 0 Å². The summed E-state index contributed by atoms with van der Waals surface area (Å²) in [5.41, 5.74) is 0. The first-order valence-corrected chi connectivity index (χ1v) is 5.76. The molecule has 1 saturated heterocycles. The van der Waals surface area contributed by atoms with E-state index in [1.807, 2.05) is 7.05 Å². The van der Waals surface area contributed by atoms with Crippen molar-refractivity contribution in [2.45, 2.75) is 18.9 Å². The first kappa shape index (κ1) is 14.2. The third kappa shape index (κ3) is 3.84. The molecule has 2 heterocycles. The molecular formula is C12H19ClN2O2.